The Kier molecular flexibility index (Phi) is 9.99. The largest absolute Gasteiger partial charge is 0.481 e. The zero-order valence-electron chi connectivity index (χ0n) is 22.4. The monoisotopic (exact) mass is 522 g/mol. The van der Waals surface area contributed by atoms with Crippen molar-refractivity contribution in [3.63, 3.8) is 0 Å². The molecule has 4 N–H and O–H groups in total. The second-order valence-electron chi connectivity index (χ2n) is 11.3. The number of allylic oxidation sites excluding steroid dienone is 1. The highest BCUT2D eigenvalue weighted by molar-refractivity contribution is 5.94. The first-order valence-electron chi connectivity index (χ1n) is 13.3. The third kappa shape index (κ3) is 5.87. The van der Waals surface area contributed by atoms with Gasteiger partial charge < -0.3 is 20.4 Å². The molecular formula is C28H42O9. The van der Waals surface area contributed by atoms with Crippen LogP contribution in [0.25, 0.3) is 0 Å². The summed E-state index contributed by atoms with van der Waals surface area (Å²) in [5.41, 5.74) is -1.55. The third-order valence-electron chi connectivity index (χ3n) is 9.18. The number of carbonyl (C=O) groups excluding carboxylic acids is 3. The molecule has 6 atom stereocenters. The van der Waals surface area contributed by atoms with E-state index in [1.165, 1.54) is 0 Å². The second kappa shape index (κ2) is 12.0. The van der Waals surface area contributed by atoms with Crippen molar-refractivity contribution in [3.8, 4) is 0 Å². The predicted molar refractivity (Wildman–Crippen MR) is 135 cm³/mol. The van der Waals surface area contributed by atoms with Crippen molar-refractivity contribution in [1.82, 2.24) is 0 Å². The van der Waals surface area contributed by atoms with Gasteiger partial charge in [0.05, 0.1) is 0 Å². The fourth-order valence-corrected chi connectivity index (χ4v) is 7.19. The molecule has 0 amide bonds. The lowest BCUT2D eigenvalue weighted by Crippen LogP contribution is -2.60. The number of Topliss-reactive ketones (excluding diaryl/α,β-unsaturated/α-hetero) is 2. The molecule has 0 aliphatic heterocycles. The lowest BCUT2D eigenvalue weighted by Gasteiger charge is -2.57. The Balaban J connectivity index is 0.000000370. The van der Waals surface area contributed by atoms with Crippen LogP contribution in [0.15, 0.2) is 11.6 Å². The van der Waals surface area contributed by atoms with E-state index in [1.807, 2.05) is 13.8 Å². The Morgan fingerprint density at radius 2 is 1.62 bits per heavy atom. The molecule has 9 nitrogen and oxygen atoms in total. The Morgan fingerprint density at radius 3 is 2.11 bits per heavy atom. The molecule has 37 heavy (non-hydrogen) atoms. The molecule has 0 unspecified atom stereocenters. The summed E-state index contributed by atoms with van der Waals surface area (Å²) in [4.78, 5) is 56.5. The van der Waals surface area contributed by atoms with Crippen molar-refractivity contribution in [3.05, 3.63) is 11.6 Å². The van der Waals surface area contributed by atoms with Crippen molar-refractivity contribution >= 4 is 29.3 Å². The summed E-state index contributed by atoms with van der Waals surface area (Å²) in [6.07, 6.45) is 7.07. The first kappa shape index (κ1) is 30.8. The van der Waals surface area contributed by atoms with E-state index >= 15 is 0 Å². The summed E-state index contributed by atoms with van der Waals surface area (Å²) in [6.45, 7) is 6.75. The molecule has 0 spiro atoms. The highest BCUT2D eigenvalue weighted by Crippen LogP contribution is 2.66. The van der Waals surface area contributed by atoms with Crippen molar-refractivity contribution in [2.75, 3.05) is 6.61 Å². The van der Waals surface area contributed by atoms with Crippen molar-refractivity contribution in [2.45, 2.75) is 97.5 Å². The Labute approximate surface area is 218 Å². The van der Waals surface area contributed by atoms with Gasteiger partial charge in [-0.3, -0.25) is 24.0 Å². The maximum absolute atomic E-state index is 13.3. The molecule has 0 radical (unpaired) electrons. The van der Waals surface area contributed by atoms with Gasteiger partial charge in [0.1, 0.15) is 18.0 Å². The number of fused-ring (bicyclic) bond motifs is 5. The number of ketones is 3. The van der Waals surface area contributed by atoms with Crippen LogP contribution in [-0.2, 0) is 24.0 Å². The highest BCUT2D eigenvalue weighted by Gasteiger charge is 2.68. The van der Waals surface area contributed by atoms with E-state index in [2.05, 4.69) is 6.92 Å². The standard InChI is InChI=1S/C21H28O5.C4H8O2.C3H6O2/c1-19-7-5-13(23)9-12(19)3-4-14-15-6-8-21(26,17(25)11-22)20(15,2)10-16(24)18(14)19;1-2-3-4(5)6;1-2-3(4)5/h9,14-15,18,22,26H,3-8,10-11H2,1-2H3;2-3H2,1H3,(H,5,6);2H2,1H3,(H,4,5)/t14-,15-,18+,19-,20-,21-;;/m0../s1. The smallest absolute Gasteiger partial charge is 0.303 e. The normalized spacial score (nSPS) is 35.8. The van der Waals surface area contributed by atoms with Crippen LogP contribution >= 0.6 is 0 Å². The van der Waals surface area contributed by atoms with Crippen LogP contribution < -0.4 is 0 Å². The maximum Gasteiger partial charge on any atom is 0.303 e. The quantitative estimate of drug-likeness (QED) is 0.423. The predicted octanol–water partition coefficient (Wildman–Crippen LogP) is 3.34. The molecule has 3 saturated carbocycles. The van der Waals surface area contributed by atoms with E-state index in [4.69, 9.17) is 10.2 Å². The average molecular weight is 523 g/mol. The average Bonchev–Trinajstić information content (AvgIpc) is 3.10. The molecule has 3 fully saturated rings. The van der Waals surface area contributed by atoms with E-state index in [9.17, 15) is 34.2 Å². The fraction of sp³-hybridized carbons (Fsp3) is 0.750. The second-order valence-corrected chi connectivity index (χ2v) is 11.3. The number of hydrogen-bond acceptors (Lipinski definition) is 7. The van der Waals surface area contributed by atoms with Gasteiger partial charge in [0, 0.05) is 37.0 Å². The minimum atomic E-state index is -1.60. The van der Waals surface area contributed by atoms with Gasteiger partial charge in [-0.25, -0.2) is 0 Å². The van der Waals surface area contributed by atoms with Gasteiger partial charge in [0.2, 0.25) is 0 Å². The van der Waals surface area contributed by atoms with Crippen LogP contribution in [0, 0.1) is 28.6 Å². The van der Waals surface area contributed by atoms with Crippen LogP contribution in [0.4, 0.5) is 0 Å². The third-order valence-corrected chi connectivity index (χ3v) is 9.18. The number of carbonyl (C=O) groups is 5. The van der Waals surface area contributed by atoms with Crippen LogP contribution in [0.5, 0.6) is 0 Å². The van der Waals surface area contributed by atoms with E-state index < -0.39 is 35.3 Å². The molecule has 4 aliphatic carbocycles. The maximum atomic E-state index is 13.3. The summed E-state index contributed by atoms with van der Waals surface area (Å²) in [5.74, 6) is -1.63. The minimum Gasteiger partial charge on any atom is -0.481 e. The zero-order chi connectivity index (χ0) is 28.2. The number of aliphatic carboxylic acids is 2. The van der Waals surface area contributed by atoms with E-state index in [-0.39, 0.29) is 47.6 Å². The lowest BCUT2D eigenvalue weighted by atomic mass is 9.46. The van der Waals surface area contributed by atoms with Gasteiger partial charge in [0.25, 0.3) is 0 Å². The summed E-state index contributed by atoms with van der Waals surface area (Å²) in [7, 11) is 0. The molecule has 208 valence electrons. The SMILES string of the molecule is CCC(=O)O.CCCC(=O)O.C[C@]12CCC(=O)C=C1CC[C@@H]1[C@@H]2C(=O)C[C@@]2(C)[C@H]1CC[C@]2(O)C(=O)CO. The van der Waals surface area contributed by atoms with Crippen LogP contribution in [0.1, 0.15) is 91.9 Å². The van der Waals surface area contributed by atoms with Crippen molar-refractivity contribution < 1.29 is 44.4 Å². The molecule has 9 heteroatoms. The molecule has 4 aliphatic rings. The Bertz CT molecular complexity index is 953. The lowest BCUT2D eigenvalue weighted by molar-refractivity contribution is -0.170. The van der Waals surface area contributed by atoms with Crippen LogP contribution in [-0.4, -0.2) is 61.9 Å². The first-order valence-corrected chi connectivity index (χ1v) is 13.3. The highest BCUT2D eigenvalue weighted by atomic mass is 16.4. The number of rotatable bonds is 5. The summed E-state index contributed by atoms with van der Waals surface area (Å²) >= 11 is 0. The molecule has 4 rings (SSSR count). The topological polar surface area (TPSA) is 166 Å². The van der Waals surface area contributed by atoms with Gasteiger partial charge in [0.15, 0.2) is 11.6 Å². The van der Waals surface area contributed by atoms with Crippen molar-refractivity contribution in [2.24, 2.45) is 28.6 Å². The number of carboxylic acids is 2. The zero-order valence-corrected chi connectivity index (χ0v) is 22.4. The van der Waals surface area contributed by atoms with Gasteiger partial charge in [-0.05, 0) is 61.9 Å². The molecular weight excluding hydrogens is 480 g/mol. The Hall–Kier alpha value is -2.39. The van der Waals surface area contributed by atoms with Gasteiger partial charge in [-0.1, -0.05) is 33.3 Å². The molecule has 0 aromatic heterocycles. The number of aliphatic hydroxyl groups excluding tert-OH is 1. The summed E-state index contributed by atoms with van der Waals surface area (Å²) < 4.78 is 0. The van der Waals surface area contributed by atoms with Crippen LogP contribution in [0.3, 0.4) is 0 Å². The van der Waals surface area contributed by atoms with E-state index in [1.54, 1.807) is 13.0 Å². The summed E-state index contributed by atoms with van der Waals surface area (Å²) in [6, 6.07) is 0. The number of hydrogen-bond donors (Lipinski definition) is 4. The Morgan fingerprint density at radius 1 is 1.00 bits per heavy atom. The van der Waals surface area contributed by atoms with E-state index in [0.29, 0.717) is 32.1 Å². The van der Waals surface area contributed by atoms with Crippen LogP contribution in [0.2, 0.25) is 0 Å². The molecule has 0 saturated heterocycles. The minimum absolute atomic E-state index is 0.0988. The number of carboxylic acid groups (broad SMARTS) is 2. The number of aliphatic hydroxyl groups is 2. The van der Waals surface area contributed by atoms with Gasteiger partial charge in [-0.15, -0.1) is 0 Å². The summed E-state index contributed by atoms with van der Waals surface area (Å²) in [5, 5.41) is 36.1. The first-order chi connectivity index (χ1) is 17.2. The molecule has 0 aromatic rings. The van der Waals surface area contributed by atoms with Gasteiger partial charge in [-0.2, -0.15) is 0 Å². The van der Waals surface area contributed by atoms with Gasteiger partial charge >= 0.3 is 11.9 Å². The fourth-order valence-electron chi connectivity index (χ4n) is 7.19. The van der Waals surface area contributed by atoms with E-state index in [0.717, 1.165) is 24.8 Å². The molecule has 0 bridgehead atoms. The molecule has 0 aromatic carbocycles. The van der Waals surface area contributed by atoms with Crippen molar-refractivity contribution in [1.29, 1.82) is 0 Å². The molecule has 0 heterocycles.